The number of urea groups is 1. The van der Waals surface area contributed by atoms with Crippen molar-refractivity contribution in [1.29, 1.82) is 0 Å². The number of hydrogen-bond donors (Lipinski definition) is 3. The van der Waals surface area contributed by atoms with E-state index < -0.39 is 11.4 Å². The lowest BCUT2D eigenvalue weighted by atomic mass is 9.80. The fourth-order valence-electron chi connectivity index (χ4n) is 3.43. The van der Waals surface area contributed by atoms with Crippen LogP contribution in [0, 0.1) is 17.3 Å². The first-order chi connectivity index (χ1) is 9.82. The Labute approximate surface area is 127 Å². The average Bonchev–Trinajstić information content (AvgIpc) is 2.38. The average molecular weight is 298 g/mol. The van der Waals surface area contributed by atoms with E-state index in [0.29, 0.717) is 24.7 Å². The predicted octanol–water partition coefficient (Wildman–Crippen LogP) is 3.00. The molecule has 0 spiro atoms. The van der Waals surface area contributed by atoms with Crippen LogP contribution in [-0.2, 0) is 4.79 Å². The van der Waals surface area contributed by atoms with Gasteiger partial charge >= 0.3 is 12.0 Å². The van der Waals surface area contributed by atoms with E-state index >= 15 is 0 Å². The summed E-state index contributed by atoms with van der Waals surface area (Å²) >= 11 is 0. The van der Waals surface area contributed by atoms with Gasteiger partial charge < -0.3 is 15.7 Å². The number of carboxylic acid groups (broad SMARTS) is 1. The van der Waals surface area contributed by atoms with E-state index in [1.165, 1.54) is 6.42 Å². The van der Waals surface area contributed by atoms with Crippen LogP contribution in [0.5, 0.6) is 0 Å². The molecule has 0 aromatic carbocycles. The molecule has 5 heteroatoms. The summed E-state index contributed by atoms with van der Waals surface area (Å²) in [6, 6.07) is -0.0416. The second kappa shape index (κ2) is 7.66. The third-order valence-corrected chi connectivity index (χ3v) is 4.91. The molecule has 1 aliphatic carbocycles. The SMILES string of the molecule is CCC(CC)(CNC(=O)NC1CC(C)CC(C)C1)C(=O)O. The zero-order valence-corrected chi connectivity index (χ0v) is 13.7. The van der Waals surface area contributed by atoms with Crippen LogP contribution < -0.4 is 10.6 Å². The highest BCUT2D eigenvalue weighted by Crippen LogP contribution is 2.28. The molecule has 1 rings (SSSR count). The lowest BCUT2D eigenvalue weighted by molar-refractivity contribution is -0.149. The first kappa shape index (κ1) is 17.8. The highest BCUT2D eigenvalue weighted by atomic mass is 16.4. The number of nitrogens with one attached hydrogen (secondary N) is 2. The Morgan fingerprint density at radius 2 is 1.62 bits per heavy atom. The van der Waals surface area contributed by atoms with Crippen molar-refractivity contribution in [2.24, 2.45) is 17.3 Å². The van der Waals surface area contributed by atoms with Gasteiger partial charge in [-0.05, 0) is 43.9 Å². The fraction of sp³-hybridized carbons (Fsp3) is 0.875. The van der Waals surface area contributed by atoms with Gasteiger partial charge in [0.15, 0.2) is 0 Å². The molecule has 0 aromatic heterocycles. The molecule has 3 N–H and O–H groups in total. The molecule has 0 bridgehead atoms. The molecule has 0 heterocycles. The number of carbonyl (C=O) groups is 2. The van der Waals surface area contributed by atoms with Gasteiger partial charge in [0.05, 0.1) is 5.41 Å². The van der Waals surface area contributed by atoms with Crippen molar-refractivity contribution >= 4 is 12.0 Å². The Hall–Kier alpha value is -1.26. The summed E-state index contributed by atoms with van der Waals surface area (Å²) in [5.74, 6) is 0.416. The van der Waals surface area contributed by atoms with E-state index in [1.54, 1.807) is 0 Å². The van der Waals surface area contributed by atoms with Crippen molar-refractivity contribution in [3.63, 3.8) is 0 Å². The third-order valence-electron chi connectivity index (χ3n) is 4.91. The Morgan fingerprint density at radius 3 is 2.05 bits per heavy atom. The normalized spacial score (nSPS) is 26.2. The standard InChI is InChI=1S/C16H30N2O3/c1-5-16(6-2,14(19)20)10-17-15(21)18-13-8-11(3)7-12(4)9-13/h11-13H,5-10H2,1-4H3,(H,19,20)(H2,17,18,21). The van der Waals surface area contributed by atoms with Gasteiger partial charge in [-0.15, -0.1) is 0 Å². The monoisotopic (exact) mass is 298 g/mol. The zero-order chi connectivity index (χ0) is 16.0. The molecular weight excluding hydrogens is 268 g/mol. The van der Waals surface area contributed by atoms with Crippen LogP contribution >= 0.6 is 0 Å². The number of hydrogen-bond acceptors (Lipinski definition) is 2. The molecule has 5 nitrogen and oxygen atoms in total. The maximum atomic E-state index is 12.0. The quantitative estimate of drug-likeness (QED) is 0.705. The van der Waals surface area contributed by atoms with Gasteiger partial charge in [0.1, 0.15) is 0 Å². The lowest BCUT2D eigenvalue weighted by Crippen LogP contribution is -2.49. The highest BCUT2D eigenvalue weighted by molar-refractivity contribution is 5.78. The molecule has 0 aliphatic heterocycles. The van der Waals surface area contributed by atoms with Crippen molar-refractivity contribution in [3.8, 4) is 0 Å². The van der Waals surface area contributed by atoms with Crippen LogP contribution in [0.1, 0.15) is 59.8 Å². The van der Waals surface area contributed by atoms with Crippen molar-refractivity contribution in [2.45, 2.75) is 65.8 Å². The highest BCUT2D eigenvalue weighted by Gasteiger charge is 2.35. The largest absolute Gasteiger partial charge is 0.481 e. The Morgan fingerprint density at radius 1 is 1.10 bits per heavy atom. The number of carbonyl (C=O) groups excluding carboxylic acids is 1. The molecule has 1 saturated carbocycles. The molecular formula is C16H30N2O3. The van der Waals surface area contributed by atoms with E-state index in [1.807, 2.05) is 13.8 Å². The van der Waals surface area contributed by atoms with E-state index in [-0.39, 0.29) is 18.6 Å². The Balaban J connectivity index is 2.48. The third kappa shape index (κ3) is 4.90. The van der Waals surface area contributed by atoms with E-state index in [9.17, 15) is 14.7 Å². The van der Waals surface area contributed by atoms with Gasteiger partial charge in [0.2, 0.25) is 0 Å². The van der Waals surface area contributed by atoms with Crippen LogP contribution in [0.2, 0.25) is 0 Å². The first-order valence-corrected chi connectivity index (χ1v) is 8.10. The Kier molecular flexibility index (Phi) is 6.49. The summed E-state index contributed by atoms with van der Waals surface area (Å²) in [4.78, 5) is 23.4. The van der Waals surface area contributed by atoms with Gasteiger partial charge in [-0.25, -0.2) is 4.79 Å². The maximum Gasteiger partial charge on any atom is 0.315 e. The first-order valence-electron chi connectivity index (χ1n) is 8.10. The summed E-state index contributed by atoms with van der Waals surface area (Å²) in [6.45, 7) is 8.31. The van der Waals surface area contributed by atoms with E-state index in [4.69, 9.17) is 0 Å². The topological polar surface area (TPSA) is 78.4 Å². The molecule has 122 valence electrons. The van der Waals surface area contributed by atoms with E-state index in [0.717, 1.165) is 12.8 Å². The van der Waals surface area contributed by atoms with Crippen molar-refractivity contribution in [2.75, 3.05) is 6.54 Å². The van der Waals surface area contributed by atoms with Crippen LogP contribution in [0.4, 0.5) is 4.79 Å². The minimum absolute atomic E-state index is 0.180. The summed E-state index contributed by atoms with van der Waals surface area (Å²) in [5, 5.41) is 15.1. The molecule has 2 unspecified atom stereocenters. The molecule has 1 fully saturated rings. The lowest BCUT2D eigenvalue weighted by Gasteiger charge is -2.32. The molecule has 1 aliphatic rings. The van der Waals surface area contributed by atoms with Crippen molar-refractivity contribution in [1.82, 2.24) is 10.6 Å². The van der Waals surface area contributed by atoms with Gasteiger partial charge in [-0.3, -0.25) is 4.79 Å². The minimum atomic E-state index is -0.857. The summed E-state index contributed by atoms with van der Waals surface area (Å²) in [6.07, 6.45) is 4.24. The molecule has 2 atom stereocenters. The zero-order valence-electron chi connectivity index (χ0n) is 13.7. The Bertz CT molecular complexity index is 357. The van der Waals surface area contributed by atoms with E-state index in [2.05, 4.69) is 24.5 Å². The molecule has 0 saturated heterocycles. The second-order valence-electron chi connectivity index (χ2n) is 6.73. The molecule has 2 amide bonds. The van der Waals surface area contributed by atoms with Gasteiger partial charge in [-0.1, -0.05) is 27.7 Å². The maximum absolute atomic E-state index is 12.0. The van der Waals surface area contributed by atoms with Crippen molar-refractivity contribution in [3.05, 3.63) is 0 Å². The molecule has 21 heavy (non-hydrogen) atoms. The van der Waals surface area contributed by atoms with Crippen LogP contribution in [0.25, 0.3) is 0 Å². The molecule has 0 aromatic rings. The molecule has 0 radical (unpaired) electrons. The van der Waals surface area contributed by atoms with Crippen LogP contribution in [0.15, 0.2) is 0 Å². The van der Waals surface area contributed by atoms with Crippen molar-refractivity contribution < 1.29 is 14.7 Å². The summed E-state index contributed by atoms with van der Waals surface area (Å²) in [5.41, 5.74) is -0.857. The summed E-state index contributed by atoms with van der Waals surface area (Å²) < 4.78 is 0. The fourth-order valence-corrected chi connectivity index (χ4v) is 3.43. The number of aliphatic carboxylic acids is 1. The predicted molar refractivity (Wildman–Crippen MR) is 83.2 cm³/mol. The summed E-state index contributed by atoms with van der Waals surface area (Å²) in [7, 11) is 0. The van der Waals surface area contributed by atoms with Gasteiger partial charge in [-0.2, -0.15) is 0 Å². The van der Waals surface area contributed by atoms with Crippen LogP contribution in [-0.4, -0.2) is 29.7 Å². The number of carboxylic acids is 1. The van der Waals surface area contributed by atoms with Crippen LogP contribution in [0.3, 0.4) is 0 Å². The number of rotatable bonds is 6. The number of amides is 2. The smallest absolute Gasteiger partial charge is 0.315 e. The van der Waals surface area contributed by atoms with Gasteiger partial charge in [0.25, 0.3) is 0 Å². The minimum Gasteiger partial charge on any atom is -0.481 e. The van der Waals surface area contributed by atoms with Gasteiger partial charge in [0, 0.05) is 12.6 Å². The second-order valence-corrected chi connectivity index (χ2v) is 6.73.